The Labute approximate surface area is 196 Å². The molecule has 0 aliphatic heterocycles. The van der Waals surface area contributed by atoms with Crippen LogP contribution < -0.4 is 0 Å². The predicted octanol–water partition coefficient (Wildman–Crippen LogP) is 3.17. The van der Waals surface area contributed by atoms with E-state index in [1.807, 2.05) is 6.92 Å². The molecule has 0 bridgehead atoms. The number of ether oxygens (including phenoxy) is 2. The summed E-state index contributed by atoms with van der Waals surface area (Å²) in [5.74, 6) is -2.43. The van der Waals surface area contributed by atoms with Crippen LogP contribution in [-0.4, -0.2) is 53.9 Å². The second-order valence-electron chi connectivity index (χ2n) is 7.48. The van der Waals surface area contributed by atoms with Crippen LogP contribution in [0.2, 0.25) is 0 Å². The Balaban J connectivity index is 2.33. The first-order valence-electron chi connectivity index (χ1n) is 9.97. The molecule has 1 aromatic carbocycles. The van der Waals surface area contributed by atoms with Crippen LogP contribution in [0.4, 0.5) is 0 Å². The van der Waals surface area contributed by atoms with Gasteiger partial charge < -0.3 is 28.8 Å². The van der Waals surface area contributed by atoms with E-state index >= 15 is 0 Å². The summed E-state index contributed by atoms with van der Waals surface area (Å²) in [4.78, 5) is 22.9. The number of nitrogens with zero attached hydrogens (tertiary/aromatic N) is 2. The highest BCUT2D eigenvalue weighted by Gasteiger charge is 2.27. The quantitative estimate of drug-likeness (QED) is 0.444. The van der Waals surface area contributed by atoms with Gasteiger partial charge in [0.2, 0.25) is 9.84 Å². The summed E-state index contributed by atoms with van der Waals surface area (Å²) in [5.41, 5.74) is 0.985. The Bertz CT molecular complexity index is 1350. The molecule has 0 fully saturated rings. The van der Waals surface area contributed by atoms with Gasteiger partial charge in [0, 0.05) is 32.3 Å². The molecule has 3 rings (SSSR count). The molecule has 0 saturated carbocycles. The lowest BCUT2D eigenvalue weighted by Gasteiger charge is -2.14. The van der Waals surface area contributed by atoms with E-state index in [0.717, 1.165) is 5.56 Å². The number of aryl methyl sites for hydroxylation is 1. The lowest BCUT2D eigenvalue weighted by atomic mass is 10.2. The first-order chi connectivity index (χ1) is 16.1. The largest absolute Gasteiger partial charge is 0.478 e. The lowest BCUT2D eigenvalue weighted by molar-refractivity contribution is 0.0685. The van der Waals surface area contributed by atoms with Crippen molar-refractivity contribution in [2.45, 2.75) is 25.3 Å². The Hall–Kier alpha value is -3.67. The van der Waals surface area contributed by atoms with Crippen LogP contribution in [0.15, 0.2) is 53.7 Å². The van der Waals surface area contributed by atoms with Crippen LogP contribution in [0.3, 0.4) is 0 Å². The van der Waals surface area contributed by atoms with Crippen molar-refractivity contribution in [2.24, 2.45) is 0 Å². The molecule has 11 heteroatoms. The van der Waals surface area contributed by atoms with Crippen molar-refractivity contribution in [3.8, 4) is 0 Å². The minimum Gasteiger partial charge on any atom is -0.478 e. The van der Waals surface area contributed by atoms with Crippen molar-refractivity contribution in [3.63, 3.8) is 0 Å². The minimum atomic E-state index is -4.17. The first kappa shape index (κ1) is 25.0. The van der Waals surface area contributed by atoms with Gasteiger partial charge in [-0.3, -0.25) is 0 Å². The molecule has 0 aliphatic rings. The molecule has 34 heavy (non-hydrogen) atoms. The maximum Gasteiger partial charge on any atom is 0.337 e. The predicted molar refractivity (Wildman–Crippen MR) is 123 cm³/mol. The number of rotatable bonds is 10. The Morgan fingerprint density at radius 3 is 2.00 bits per heavy atom. The van der Waals surface area contributed by atoms with Gasteiger partial charge in [-0.1, -0.05) is 17.7 Å². The van der Waals surface area contributed by atoms with Gasteiger partial charge in [-0.05, 0) is 37.3 Å². The molecule has 0 radical (unpaired) electrons. The molecule has 0 atom stereocenters. The number of hydrogen-bond donors (Lipinski definition) is 2. The van der Waals surface area contributed by atoms with Crippen molar-refractivity contribution in [3.05, 3.63) is 76.9 Å². The van der Waals surface area contributed by atoms with Crippen molar-refractivity contribution in [2.75, 3.05) is 14.2 Å². The summed E-state index contributed by atoms with van der Waals surface area (Å²) < 4.78 is 40.6. The molecule has 2 N–H and O–H groups in total. The second-order valence-corrected chi connectivity index (χ2v) is 9.40. The summed E-state index contributed by atoms with van der Waals surface area (Å²) in [6, 6.07) is 8.76. The van der Waals surface area contributed by atoms with Gasteiger partial charge >= 0.3 is 11.9 Å². The Kier molecular flexibility index (Phi) is 7.40. The fourth-order valence-corrected chi connectivity index (χ4v) is 4.84. The summed E-state index contributed by atoms with van der Waals surface area (Å²) in [6.07, 6.45) is 3.90. The molecule has 0 aliphatic carbocycles. The zero-order valence-corrected chi connectivity index (χ0v) is 19.6. The maximum absolute atomic E-state index is 13.8. The van der Waals surface area contributed by atoms with Gasteiger partial charge in [0.05, 0.1) is 26.6 Å². The molecule has 180 valence electrons. The van der Waals surface area contributed by atoms with Crippen LogP contribution in [0.1, 0.15) is 37.7 Å². The average Bonchev–Trinajstić information content (AvgIpc) is 3.37. The average molecular weight is 489 g/mol. The van der Waals surface area contributed by atoms with Gasteiger partial charge in [0.25, 0.3) is 0 Å². The third-order valence-corrected chi connectivity index (χ3v) is 6.81. The molecular weight excluding hydrogens is 464 g/mol. The van der Waals surface area contributed by atoms with Gasteiger partial charge in [-0.25, -0.2) is 18.0 Å². The highest BCUT2D eigenvalue weighted by molar-refractivity contribution is 8.00. The number of methoxy groups -OCH3 is 2. The normalized spacial score (nSPS) is 12.1. The molecule has 0 spiro atoms. The van der Waals surface area contributed by atoms with Crippen LogP contribution in [0.25, 0.3) is 11.0 Å². The number of carboxylic acids is 2. The second kappa shape index (κ2) is 10.1. The topological polar surface area (TPSA) is 137 Å². The number of aromatic nitrogens is 2. The van der Waals surface area contributed by atoms with Gasteiger partial charge in [0.1, 0.15) is 13.5 Å². The number of sulfone groups is 1. The maximum atomic E-state index is 13.8. The van der Waals surface area contributed by atoms with Crippen LogP contribution in [0.5, 0.6) is 0 Å². The zero-order chi connectivity index (χ0) is 25.0. The van der Waals surface area contributed by atoms with Crippen molar-refractivity contribution >= 4 is 32.8 Å². The van der Waals surface area contributed by atoms with Gasteiger partial charge in [-0.15, -0.1) is 0 Å². The summed E-state index contributed by atoms with van der Waals surface area (Å²) >= 11 is 0. The van der Waals surface area contributed by atoms with E-state index in [0.29, 0.717) is 0 Å². The summed E-state index contributed by atoms with van der Waals surface area (Å²) in [5, 5.41) is 18.9. The minimum absolute atomic E-state index is 0.00491. The lowest BCUT2D eigenvalue weighted by Crippen LogP contribution is -2.11. The first-order valence-corrected chi connectivity index (χ1v) is 11.5. The van der Waals surface area contributed by atoms with Gasteiger partial charge in [0.15, 0.2) is 0 Å². The molecule has 10 nitrogen and oxygen atoms in total. The molecule has 2 aromatic heterocycles. The van der Waals surface area contributed by atoms with E-state index in [-0.39, 0.29) is 45.8 Å². The van der Waals surface area contributed by atoms with Crippen molar-refractivity contribution in [1.82, 2.24) is 9.13 Å². The van der Waals surface area contributed by atoms with Crippen molar-refractivity contribution in [1.29, 1.82) is 0 Å². The molecule has 3 aromatic rings. The van der Waals surface area contributed by atoms with Crippen LogP contribution in [0, 0.1) is 6.92 Å². The Morgan fingerprint density at radius 1 is 0.912 bits per heavy atom. The Morgan fingerprint density at radius 2 is 1.44 bits per heavy atom. The van der Waals surface area contributed by atoms with E-state index in [1.165, 1.54) is 66.1 Å². The summed E-state index contributed by atoms with van der Waals surface area (Å²) in [6.45, 7) is 1.68. The van der Waals surface area contributed by atoms with E-state index in [9.17, 15) is 28.2 Å². The fraction of sp³-hybridized carbons (Fsp3) is 0.217. The number of carboxylic acid groups (broad SMARTS) is 2. The zero-order valence-electron chi connectivity index (χ0n) is 18.8. The number of hydrogen-bond acceptors (Lipinski definition) is 6. The highest BCUT2D eigenvalue weighted by Crippen LogP contribution is 2.32. The van der Waals surface area contributed by atoms with E-state index in [1.54, 1.807) is 12.1 Å². The van der Waals surface area contributed by atoms with Crippen molar-refractivity contribution < 1.29 is 37.7 Å². The third-order valence-electron chi connectivity index (χ3n) is 5.01. The monoisotopic (exact) mass is 488 g/mol. The third kappa shape index (κ3) is 5.11. The molecule has 0 unspecified atom stereocenters. The van der Waals surface area contributed by atoms with Crippen LogP contribution >= 0.6 is 0 Å². The highest BCUT2D eigenvalue weighted by atomic mass is 32.2. The SMILES string of the molecule is COCn1cc(C(=O)O)cc1/C=C(\c1cc(C(=O)O)cn1COC)S(=O)(=O)c1ccc(C)cc1. The van der Waals surface area contributed by atoms with Gasteiger partial charge in [-0.2, -0.15) is 0 Å². The fourth-order valence-electron chi connectivity index (χ4n) is 3.36. The van der Waals surface area contributed by atoms with Crippen LogP contribution in [-0.2, 0) is 32.8 Å². The smallest absolute Gasteiger partial charge is 0.337 e. The number of carbonyl (C=O) groups is 2. The van der Waals surface area contributed by atoms with E-state index < -0.39 is 21.8 Å². The van der Waals surface area contributed by atoms with E-state index in [4.69, 9.17) is 9.47 Å². The van der Waals surface area contributed by atoms with E-state index in [2.05, 4.69) is 0 Å². The number of aromatic carboxylic acids is 2. The molecule has 0 saturated heterocycles. The standard InChI is InChI=1S/C23H24N2O8S/c1-15-4-6-19(7-5-15)34(30,31)21(20-9-17(23(28)29)12-25(20)14-33-3)10-18-8-16(22(26)27)11-24(18)13-32-2/h4-12H,13-14H2,1-3H3,(H,26,27)(H,28,29)/b21-10+. The summed E-state index contributed by atoms with van der Waals surface area (Å²) in [7, 11) is -1.36. The molecular formula is C23H24N2O8S. The number of benzene rings is 1. The molecule has 0 amide bonds. The molecule has 2 heterocycles.